The molecule has 1 aromatic heterocycles. The summed E-state index contributed by atoms with van der Waals surface area (Å²) in [6, 6.07) is 12.9. The van der Waals surface area contributed by atoms with Crippen LogP contribution in [0, 0.1) is 0 Å². The van der Waals surface area contributed by atoms with Gasteiger partial charge in [0.15, 0.2) is 23.2 Å². The van der Waals surface area contributed by atoms with E-state index in [1.165, 1.54) is 11.3 Å². The van der Waals surface area contributed by atoms with Gasteiger partial charge in [-0.2, -0.15) is 0 Å². The molecule has 4 rings (SSSR count). The maximum Gasteiger partial charge on any atom is 0.266 e. The van der Waals surface area contributed by atoms with E-state index in [4.69, 9.17) is 25.8 Å². The van der Waals surface area contributed by atoms with Gasteiger partial charge in [0, 0.05) is 6.61 Å². The van der Waals surface area contributed by atoms with Crippen molar-refractivity contribution in [1.82, 2.24) is 4.98 Å². The highest BCUT2D eigenvalue weighted by atomic mass is 35.5. The van der Waals surface area contributed by atoms with Crippen molar-refractivity contribution in [2.75, 3.05) is 31.8 Å². The van der Waals surface area contributed by atoms with Crippen LogP contribution >= 0.6 is 22.9 Å². The minimum atomic E-state index is -0.193. The minimum Gasteiger partial charge on any atom is -0.493 e. The first-order chi connectivity index (χ1) is 14.2. The Hall–Kier alpha value is -2.35. The first kappa shape index (κ1) is 19.9. The summed E-state index contributed by atoms with van der Waals surface area (Å²) in [5.41, 5.74) is 0.699. The second-order valence-corrected chi connectivity index (χ2v) is 8.08. The van der Waals surface area contributed by atoms with Gasteiger partial charge >= 0.3 is 0 Å². The number of benzene rings is 2. The van der Waals surface area contributed by atoms with Gasteiger partial charge in [-0.3, -0.25) is 9.69 Å². The molecule has 6 nitrogen and oxygen atoms in total. The smallest absolute Gasteiger partial charge is 0.266 e. The number of hydrogen-bond donors (Lipinski definition) is 0. The van der Waals surface area contributed by atoms with Crippen LogP contribution in [0.25, 0.3) is 10.2 Å². The van der Waals surface area contributed by atoms with E-state index in [-0.39, 0.29) is 18.6 Å². The van der Waals surface area contributed by atoms with Crippen LogP contribution in [0.4, 0.5) is 5.13 Å². The molecular weight excluding hydrogens is 412 g/mol. The molecule has 0 radical (unpaired) electrons. The van der Waals surface area contributed by atoms with Gasteiger partial charge in [0.25, 0.3) is 5.91 Å². The molecule has 0 bridgehead atoms. The zero-order valence-corrected chi connectivity index (χ0v) is 17.5. The molecule has 29 heavy (non-hydrogen) atoms. The molecular formula is C21H21ClN2O4S. The van der Waals surface area contributed by atoms with E-state index in [0.29, 0.717) is 33.7 Å². The third-order valence-corrected chi connectivity index (χ3v) is 6.07. The lowest BCUT2D eigenvalue weighted by molar-refractivity contribution is -0.121. The quantitative estimate of drug-likeness (QED) is 0.548. The summed E-state index contributed by atoms with van der Waals surface area (Å²) >= 11 is 7.71. The van der Waals surface area contributed by atoms with Crippen LogP contribution in [0.15, 0.2) is 42.5 Å². The molecule has 1 aliphatic rings. The number of methoxy groups -OCH3 is 1. The lowest BCUT2D eigenvalue weighted by Crippen LogP contribution is -2.40. The van der Waals surface area contributed by atoms with Gasteiger partial charge in [0.1, 0.15) is 5.52 Å². The van der Waals surface area contributed by atoms with Crippen LogP contribution < -0.4 is 14.4 Å². The van der Waals surface area contributed by atoms with Gasteiger partial charge in [-0.15, -0.1) is 0 Å². The van der Waals surface area contributed by atoms with Crippen LogP contribution in [0.5, 0.6) is 11.5 Å². The second-order valence-electron chi connectivity index (χ2n) is 6.66. The Morgan fingerprint density at radius 1 is 1.28 bits per heavy atom. The number of nitrogens with zero attached hydrogens (tertiary/aromatic N) is 2. The van der Waals surface area contributed by atoms with E-state index in [0.717, 1.165) is 24.1 Å². The Morgan fingerprint density at radius 3 is 2.83 bits per heavy atom. The summed E-state index contributed by atoms with van der Waals surface area (Å²) in [4.78, 5) is 19.4. The molecule has 0 aliphatic carbocycles. The molecule has 1 atom stereocenters. The third-order valence-electron chi connectivity index (χ3n) is 4.72. The zero-order valence-electron chi connectivity index (χ0n) is 16.0. The number of thiazole rings is 1. The average molecular weight is 433 g/mol. The van der Waals surface area contributed by atoms with Crippen molar-refractivity contribution in [1.29, 1.82) is 0 Å². The Labute approximate surface area is 178 Å². The fraction of sp³-hybridized carbons (Fsp3) is 0.333. The van der Waals surface area contributed by atoms with Crippen molar-refractivity contribution >= 4 is 44.2 Å². The number of rotatable bonds is 7. The SMILES string of the molecule is COc1ccccc1OCC(=O)N(CC1CCCO1)c1nc2c(Cl)cccc2s1. The monoisotopic (exact) mass is 432 g/mol. The van der Waals surface area contributed by atoms with Crippen molar-refractivity contribution in [2.24, 2.45) is 0 Å². The van der Waals surface area contributed by atoms with Crippen molar-refractivity contribution in [3.05, 3.63) is 47.5 Å². The number of carbonyl (C=O) groups is 1. The highest BCUT2D eigenvalue weighted by Gasteiger charge is 2.27. The topological polar surface area (TPSA) is 60.9 Å². The number of hydrogen-bond acceptors (Lipinski definition) is 6. The minimum absolute atomic E-state index is 0.00676. The van der Waals surface area contributed by atoms with E-state index in [1.807, 2.05) is 24.3 Å². The first-order valence-electron chi connectivity index (χ1n) is 9.38. The molecule has 0 saturated carbocycles. The number of carbonyl (C=O) groups excluding carboxylic acids is 1. The molecule has 1 unspecified atom stereocenters. The molecule has 1 fully saturated rings. The van der Waals surface area contributed by atoms with Gasteiger partial charge in [-0.25, -0.2) is 4.98 Å². The van der Waals surface area contributed by atoms with Gasteiger partial charge < -0.3 is 14.2 Å². The normalized spacial score (nSPS) is 16.1. The van der Waals surface area contributed by atoms with Crippen LogP contribution in [0.1, 0.15) is 12.8 Å². The number of para-hydroxylation sites is 3. The summed E-state index contributed by atoms with van der Waals surface area (Å²) in [6.07, 6.45) is 1.91. The fourth-order valence-corrected chi connectivity index (χ4v) is 4.54. The van der Waals surface area contributed by atoms with Crippen molar-refractivity contribution in [2.45, 2.75) is 18.9 Å². The summed E-state index contributed by atoms with van der Waals surface area (Å²) in [6.45, 7) is 1.03. The molecule has 0 N–H and O–H groups in total. The van der Waals surface area contributed by atoms with Crippen LogP contribution in [0.2, 0.25) is 5.02 Å². The molecule has 3 aromatic rings. The van der Waals surface area contributed by atoms with Crippen molar-refractivity contribution in [3.8, 4) is 11.5 Å². The van der Waals surface area contributed by atoms with Gasteiger partial charge in [-0.05, 0) is 37.1 Å². The van der Waals surface area contributed by atoms with Crippen LogP contribution in [0.3, 0.4) is 0 Å². The predicted molar refractivity (Wildman–Crippen MR) is 114 cm³/mol. The summed E-state index contributed by atoms with van der Waals surface area (Å²) in [5.74, 6) is 0.909. The Bertz CT molecular complexity index is 1000. The van der Waals surface area contributed by atoms with Crippen molar-refractivity contribution < 1.29 is 19.0 Å². The summed E-state index contributed by atoms with van der Waals surface area (Å²) < 4.78 is 17.7. The number of ether oxygens (including phenoxy) is 3. The maximum absolute atomic E-state index is 13.1. The van der Waals surface area contributed by atoms with Gasteiger partial charge in [0.2, 0.25) is 0 Å². The van der Waals surface area contributed by atoms with E-state index in [9.17, 15) is 4.79 Å². The van der Waals surface area contributed by atoms with Crippen LogP contribution in [-0.4, -0.2) is 43.9 Å². The van der Waals surface area contributed by atoms with Crippen molar-refractivity contribution in [3.63, 3.8) is 0 Å². The molecule has 1 saturated heterocycles. The lowest BCUT2D eigenvalue weighted by atomic mass is 10.2. The molecule has 2 aromatic carbocycles. The lowest BCUT2D eigenvalue weighted by Gasteiger charge is -2.23. The molecule has 0 spiro atoms. The maximum atomic E-state index is 13.1. The number of amides is 1. The summed E-state index contributed by atoms with van der Waals surface area (Å²) in [5, 5.41) is 1.16. The van der Waals surface area contributed by atoms with Gasteiger partial charge in [0.05, 0.1) is 29.5 Å². The van der Waals surface area contributed by atoms with E-state index in [2.05, 4.69) is 4.98 Å². The Kier molecular flexibility index (Phi) is 6.18. The van der Waals surface area contributed by atoms with E-state index < -0.39 is 0 Å². The third kappa shape index (κ3) is 4.47. The Balaban J connectivity index is 1.57. The van der Waals surface area contributed by atoms with E-state index >= 15 is 0 Å². The van der Waals surface area contributed by atoms with Crippen LogP contribution in [-0.2, 0) is 9.53 Å². The number of halogens is 1. The predicted octanol–water partition coefficient (Wildman–Crippen LogP) is 4.55. The van der Waals surface area contributed by atoms with Gasteiger partial charge in [-0.1, -0.05) is 41.1 Å². The highest BCUT2D eigenvalue weighted by molar-refractivity contribution is 7.22. The second kappa shape index (κ2) is 8.98. The number of fused-ring (bicyclic) bond motifs is 1. The standard InChI is InChI=1S/C21H21ClN2O4S/c1-26-16-8-2-3-9-17(16)28-13-19(25)24(12-14-6-5-11-27-14)21-23-20-15(22)7-4-10-18(20)29-21/h2-4,7-10,14H,5-6,11-13H2,1H3. The fourth-order valence-electron chi connectivity index (χ4n) is 3.25. The summed E-state index contributed by atoms with van der Waals surface area (Å²) in [7, 11) is 1.57. The molecule has 2 heterocycles. The molecule has 152 valence electrons. The number of aromatic nitrogens is 1. The van der Waals surface area contributed by atoms with E-state index in [1.54, 1.807) is 30.2 Å². The Morgan fingerprint density at radius 2 is 2.10 bits per heavy atom. The molecule has 1 amide bonds. The highest BCUT2D eigenvalue weighted by Crippen LogP contribution is 2.34. The first-order valence-corrected chi connectivity index (χ1v) is 10.6. The zero-order chi connectivity index (χ0) is 20.2. The average Bonchev–Trinajstić information content (AvgIpc) is 3.40. The molecule has 8 heteroatoms. The molecule has 1 aliphatic heterocycles. The number of anilines is 1. The largest absolute Gasteiger partial charge is 0.493 e.